The maximum atomic E-state index is 5.75. The van der Waals surface area contributed by atoms with Gasteiger partial charge in [-0.2, -0.15) is 0 Å². The van der Waals surface area contributed by atoms with Gasteiger partial charge < -0.3 is 5.73 Å². The zero-order valence-electron chi connectivity index (χ0n) is 12.1. The molecule has 2 nitrogen and oxygen atoms in total. The minimum Gasteiger partial charge on any atom is -0.384 e. The van der Waals surface area contributed by atoms with Crippen LogP contribution < -0.4 is 5.73 Å². The number of unbranched alkanes of at least 4 members (excludes halogenated alkanes) is 1. The standard InChI is InChI=1S/C19H20N2/c20-19-13-12-17-11-10-16(14-18(17)21-19)9-5-4-8-15-6-2-1-3-7-15/h1-3,6-7,10-14H,4-5,8-9H2,(H2,20,21). The maximum Gasteiger partial charge on any atom is 0.124 e. The van der Waals surface area contributed by atoms with Crippen molar-refractivity contribution in [1.29, 1.82) is 0 Å². The zero-order chi connectivity index (χ0) is 14.5. The molecule has 0 radical (unpaired) electrons. The average Bonchev–Trinajstić information content (AvgIpc) is 2.52. The number of aromatic nitrogens is 1. The number of hydrogen-bond donors (Lipinski definition) is 1. The molecule has 0 spiro atoms. The SMILES string of the molecule is Nc1ccc2ccc(CCCCc3ccccc3)cc2n1. The topological polar surface area (TPSA) is 38.9 Å². The van der Waals surface area contributed by atoms with Crippen LogP contribution in [0.5, 0.6) is 0 Å². The number of rotatable bonds is 5. The van der Waals surface area contributed by atoms with E-state index >= 15 is 0 Å². The van der Waals surface area contributed by atoms with Crippen molar-refractivity contribution in [1.82, 2.24) is 4.98 Å². The van der Waals surface area contributed by atoms with E-state index < -0.39 is 0 Å². The van der Waals surface area contributed by atoms with Crippen molar-refractivity contribution in [3.8, 4) is 0 Å². The molecule has 0 atom stereocenters. The first-order chi connectivity index (χ1) is 10.3. The molecule has 2 heteroatoms. The largest absolute Gasteiger partial charge is 0.384 e. The van der Waals surface area contributed by atoms with E-state index in [0.29, 0.717) is 5.82 Å². The Balaban J connectivity index is 1.58. The maximum absolute atomic E-state index is 5.75. The Labute approximate surface area is 125 Å². The van der Waals surface area contributed by atoms with E-state index in [-0.39, 0.29) is 0 Å². The Bertz CT molecular complexity index is 720. The first-order valence-corrected chi connectivity index (χ1v) is 7.50. The van der Waals surface area contributed by atoms with Gasteiger partial charge >= 0.3 is 0 Å². The predicted octanol–water partition coefficient (Wildman–Crippen LogP) is 4.38. The molecule has 0 saturated heterocycles. The number of pyridine rings is 1. The van der Waals surface area contributed by atoms with Crippen LogP contribution in [-0.4, -0.2) is 4.98 Å². The van der Waals surface area contributed by atoms with E-state index in [1.165, 1.54) is 24.0 Å². The lowest BCUT2D eigenvalue weighted by atomic mass is 10.0. The Morgan fingerprint density at radius 1 is 0.762 bits per heavy atom. The number of benzene rings is 2. The number of aryl methyl sites for hydroxylation is 2. The number of anilines is 1. The molecule has 3 rings (SSSR count). The normalized spacial score (nSPS) is 10.9. The second kappa shape index (κ2) is 6.40. The summed E-state index contributed by atoms with van der Waals surface area (Å²) in [6, 6.07) is 21.0. The minimum absolute atomic E-state index is 0.587. The molecule has 21 heavy (non-hydrogen) atoms. The molecule has 0 aliphatic rings. The Morgan fingerprint density at radius 3 is 2.29 bits per heavy atom. The van der Waals surface area contributed by atoms with Gasteiger partial charge in [0, 0.05) is 5.39 Å². The molecule has 1 aromatic heterocycles. The van der Waals surface area contributed by atoms with Crippen molar-refractivity contribution in [2.24, 2.45) is 0 Å². The van der Waals surface area contributed by atoms with Gasteiger partial charge in [-0.25, -0.2) is 4.98 Å². The van der Waals surface area contributed by atoms with E-state index in [2.05, 4.69) is 53.5 Å². The lowest BCUT2D eigenvalue weighted by Crippen LogP contribution is -1.92. The van der Waals surface area contributed by atoms with Crippen molar-refractivity contribution in [2.75, 3.05) is 5.73 Å². The van der Waals surface area contributed by atoms with Crippen LogP contribution in [0.3, 0.4) is 0 Å². The molecule has 0 aliphatic carbocycles. The summed E-state index contributed by atoms with van der Waals surface area (Å²) >= 11 is 0. The second-order valence-corrected chi connectivity index (χ2v) is 5.46. The highest BCUT2D eigenvalue weighted by atomic mass is 14.8. The number of fused-ring (bicyclic) bond motifs is 1. The monoisotopic (exact) mass is 276 g/mol. The molecule has 0 unspecified atom stereocenters. The lowest BCUT2D eigenvalue weighted by Gasteiger charge is -2.05. The average molecular weight is 276 g/mol. The molecule has 2 aromatic carbocycles. The minimum atomic E-state index is 0.587. The van der Waals surface area contributed by atoms with Crippen LogP contribution in [0, 0.1) is 0 Å². The second-order valence-electron chi connectivity index (χ2n) is 5.46. The van der Waals surface area contributed by atoms with Crippen molar-refractivity contribution >= 4 is 16.7 Å². The van der Waals surface area contributed by atoms with Crippen LogP contribution in [0.4, 0.5) is 5.82 Å². The molecule has 0 aliphatic heterocycles. The highest BCUT2D eigenvalue weighted by molar-refractivity contribution is 5.80. The smallest absolute Gasteiger partial charge is 0.124 e. The zero-order valence-corrected chi connectivity index (χ0v) is 12.1. The third kappa shape index (κ3) is 3.60. The number of hydrogen-bond acceptors (Lipinski definition) is 2. The van der Waals surface area contributed by atoms with Gasteiger partial charge in [0.25, 0.3) is 0 Å². The van der Waals surface area contributed by atoms with Crippen LogP contribution >= 0.6 is 0 Å². The van der Waals surface area contributed by atoms with Crippen molar-refractivity contribution in [2.45, 2.75) is 25.7 Å². The van der Waals surface area contributed by atoms with Crippen LogP contribution in [-0.2, 0) is 12.8 Å². The Kier molecular flexibility index (Phi) is 4.15. The van der Waals surface area contributed by atoms with Gasteiger partial charge in [0.2, 0.25) is 0 Å². The van der Waals surface area contributed by atoms with Gasteiger partial charge in [0.1, 0.15) is 5.82 Å². The third-order valence-electron chi connectivity index (χ3n) is 3.80. The molecule has 0 bridgehead atoms. The fraction of sp³-hybridized carbons (Fsp3) is 0.211. The van der Waals surface area contributed by atoms with Crippen molar-refractivity contribution in [3.63, 3.8) is 0 Å². The molecule has 2 N–H and O–H groups in total. The van der Waals surface area contributed by atoms with Gasteiger partial charge in [0.05, 0.1) is 5.52 Å². The van der Waals surface area contributed by atoms with Gasteiger partial charge in [-0.05, 0) is 55.0 Å². The first-order valence-electron chi connectivity index (χ1n) is 7.50. The van der Waals surface area contributed by atoms with Crippen LogP contribution in [0.2, 0.25) is 0 Å². The summed E-state index contributed by atoms with van der Waals surface area (Å²) in [5, 5.41) is 1.15. The molecule has 0 amide bonds. The molecule has 0 saturated carbocycles. The summed E-state index contributed by atoms with van der Waals surface area (Å²) in [5.74, 6) is 0.587. The van der Waals surface area contributed by atoms with Crippen molar-refractivity contribution < 1.29 is 0 Å². The third-order valence-corrected chi connectivity index (χ3v) is 3.80. The molecule has 3 aromatic rings. The predicted molar refractivity (Wildman–Crippen MR) is 89.2 cm³/mol. The molecule has 0 fully saturated rings. The highest BCUT2D eigenvalue weighted by Crippen LogP contribution is 2.17. The quantitative estimate of drug-likeness (QED) is 0.702. The Hall–Kier alpha value is -2.35. The fourth-order valence-electron chi connectivity index (χ4n) is 2.64. The van der Waals surface area contributed by atoms with Gasteiger partial charge in [-0.3, -0.25) is 0 Å². The fourth-order valence-corrected chi connectivity index (χ4v) is 2.64. The van der Waals surface area contributed by atoms with E-state index in [4.69, 9.17) is 5.73 Å². The first kappa shape index (κ1) is 13.6. The number of nitrogens with two attached hydrogens (primary N) is 1. The highest BCUT2D eigenvalue weighted by Gasteiger charge is 1.99. The van der Waals surface area contributed by atoms with E-state index in [1.807, 2.05) is 12.1 Å². The van der Waals surface area contributed by atoms with E-state index in [9.17, 15) is 0 Å². The summed E-state index contributed by atoms with van der Waals surface area (Å²) in [5.41, 5.74) is 9.51. The lowest BCUT2D eigenvalue weighted by molar-refractivity contribution is 0.735. The summed E-state index contributed by atoms with van der Waals surface area (Å²) in [6.45, 7) is 0. The number of nitrogens with zero attached hydrogens (tertiary/aromatic N) is 1. The summed E-state index contributed by atoms with van der Waals surface area (Å²) in [4.78, 5) is 4.39. The van der Waals surface area contributed by atoms with Crippen molar-refractivity contribution in [3.05, 3.63) is 71.8 Å². The van der Waals surface area contributed by atoms with Crippen LogP contribution in [0.25, 0.3) is 10.9 Å². The summed E-state index contributed by atoms with van der Waals surface area (Å²) in [6.07, 6.45) is 4.66. The van der Waals surface area contributed by atoms with Crippen LogP contribution in [0.15, 0.2) is 60.7 Å². The summed E-state index contributed by atoms with van der Waals surface area (Å²) in [7, 11) is 0. The van der Waals surface area contributed by atoms with Gasteiger partial charge in [-0.1, -0.05) is 42.5 Å². The Morgan fingerprint density at radius 2 is 1.48 bits per heavy atom. The molecular weight excluding hydrogens is 256 g/mol. The van der Waals surface area contributed by atoms with E-state index in [1.54, 1.807) is 0 Å². The molecular formula is C19H20N2. The molecule has 1 heterocycles. The number of nitrogen functional groups attached to an aromatic ring is 1. The van der Waals surface area contributed by atoms with Gasteiger partial charge in [0.15, 0.2) is 0 Å². The van der Waals surface area contributed by atoms with E-state index in [0.717, 1.165) is 23.7 Å². The van der Waals surface area contributed by atoms with Crippen LogP contribution in [0.1, 0.15) is 24.0 Å². The summed E-state index contributed by atoms with van der Waals surface area (Å²) < 4.78 is 0. The van der Waals surface area contributed by atoms with Gasteiger partial charge in [-0.15, -0.1) is 0 Å². The molecule has 106 valence electrons.